The lowest BCUT2D eigenvalue weighted by Gasteiger charge is -2.36. The van der Waals surface area contributed by atoms with Crippen LogP contribution in [0.1, 0.15) is 19.5 Å². The van der Waals surface area contributed by atoms with Gasteiger partial charge < -0.3 is 34.3 Å². The number of aromatic amines is 1. The fraction of sp³-hybridized carbons (Fsp3) is 0.417. The number of carbonyl (C=O) groups is 2. The molecule has 1 atom stereocenters. The van der Waals surface area contributed by atoms with Gasteiger partial charge in [-0.15, -0.1) is 0 Å². The maximum absolute atomic E-state index is 13.2. The molecular formula is C24H30N6O6S. The van der Waals surface area contributed by atoms with Crippen LogP contribution in [0, 0.1) is 0 Å². The Labute approximate surface area is 216 Å². The molecular weight excluding hydrogens is 500 g/mol. The van der Waals surface area contributed by atoms with Crippen molar-refractivity contribution >= 4 is 45.2 Å². The molecule has 1 aliphatic rings. The normalized spacial score (nSPS) is 14.4. The van der Waals surface area contributed by atoms with Crippen molar-refractivity contribution in [2.24, 2.45) is 0 Å². The standard InChI is InChI=1S/C24H30N6O6S/c1-5-36-24(32)30-10-8-29(9-11-30)20-13-17-16(12-18(20)26-15(2)31)27-23(28-17)37(33)14-19-22(35-4)21(34-3)6-7-25-19/h6-7,12-13H,5,8-11,14H2,1-4H3,(H,26,31)(H,27,28). The molecule has 0 radical (unpaired) electrons. The Morgan fingerprint density at radius 3 is 2.57 bits per heavy atom. The summed E-state index contributed by atoms with van der Waals surface area (Å²) >= 11 is 0. The van der Waals surface area contributed by atoms with Gasteiger partial charge in [-0.25, -0.2) is 9.78 Å². The number of nitrogens with one attached hydrogen (secondary N) is 2. The number of methoxy groups -OCH3 is 2. The molecule has 37 heavy (non-hydrogen) atoms. The third-order valence-corrected chi connectivity index (χ3v) is 7.04. The molecule has 3 heterocycles. The largest absolute Gasteiger partial charge is 0.493 e. The second kappa shape index (κ2) is 11.5. The molecule has 0 aliphatic carbocycles. The monoisotopic (exact) mass is 530 g/mol. The summed E-state index contributed by atoms with van der Waals surface area (Å²) in [5, 5.41) is 3.15. The maximum atomic E-state index is 13.2. The first-order valence-corrected chi connectivity index (χ1v) is 13.1. The van der Waals surface area contributed by atoms with Crippen molar-refractivity contribution in [3.05, 3.63) is 30.1 Å². The quantitative estimate of drug-likeness (QED) is 0.450. The van der Waals surface area contributed by atoms with Gasteiger partial charge in [0.25, 0.3) is 0 Å². The van der Waals surface area contributed by atoms with Gasteiger partial charge in [0.05, 0.1) is 65.5 Å². The molecule has 2 N–H and O–H groups in total. The van der Waals surface area contributed by atoms with E-state index >= 15 is 0 Å². The van der Waals surface area contributed by atoms with Crippen LogP contribution < -0.4 is 19.7 Å². The van der Waals surface area contributed by atoms with E-state index in [1.165, 1.54) is 21.1 Å². The number of fused-ring (bicyclic) bond motifs is 1. The van der Waals surface area contributed by atoms with Gasteiger partial charge in [-0.2, -0.15) is 0 Å². The van der Waals surface area contributed by atoms with Crippen LogP contribution in [0.4, 0.5) is 16.2 Å². The Kier molecular flexibility index (Phi) is 8.11. The second-order valence-corrected chi connectivity index (χ2v) is 9.63. The van der Waals surface area contributed by atoms with E-state index in [-0.39, 0.29) is 22.9 Å². The van der Waals surface area contributed by atoms with Crippen LogP contribution in [0.2, 0.25) is 0 Å². The minimum atomic E-state index is -1.55. The number of piperazine rings is 1. The van der Waals surface area contributed by atoms with Crippen molar-refractivity contribution in [1.82, 2.24) is 19.9 Å². The third-order valence-electron chi connectivity index (χ3n) is 5.88. The molecule has 198 valence electrons. The first kappa shape index (κ1) is 26.2. The van der Waals surface area contributed by atoms with Gasteiger partial charge >= 0.3 is 6.09 Å². The summed E-state index contributed by atoms with van der Waals surface area (Å²) in [5.41, 5.74) is 3.09. The molecule has 1 fully saturated rings. The van der Waals surface area contributed by atoms with E-state index in [1.807, 2.05) is 6.07 Å². The van der Waals surface area contributed by atoms with E-state index in [2.05, 4.69) is 25.2 Å². The number of hydrogen-bond acceptors (Lipinski definition) is 9. The van der Waals surface area contributed by atoms with Crippen LogP contribution in [-0.2, 0) is 26.1 Å². The Morgan fingerprint density at radius 1 is 1.16 bits per heavy atom. The highest BCUT2D eigenvalue weighted by Crippen LogP contribution is 2.33. The summed E-state index contributed by atoms with van der Waals surface area (Å²) < 4.78 is 29.0. The predicted molar refractivity (Wildman–Crippen MR) is 139 cm³/mol. The Morgan fingerprint density at radius 2 is 1.92 bits per heavy atom. The Hall–Kier alpha value is -3.87. The number of hydrogen-bond donors (Lipinski definition) is 2. The van der Waals surface area contributed by atoms with Crippen molar-refractivity contribution in [1.29, 1.82) is 0 Å². The summed E-state index contributed by atoms with van der Waals surface area (Å²) in [6, 6.07) is 5.30. The highest BCUT2D eigenvalue weighted by molar-refractivity contribution is 7.84. The maximum Gasteiger partial charge on any atom is 0.409 e. The van der Waals surface area contributed by atoms with Gasteiger partial charge in [0, 0.05) is 45.4 Å². The molecule has 1 unspecified atom stereocenters. The highest BCUT2D eigenvalue weighted by Gasteiger charge is 2.25. The van der Waals surface area contributed by atoms with Gasteiger partial charge in [-0.1, -0.05) is 0 Å². The third kappa shape index (κ3) is 5.77. The molecule has 1 aliphatic heterocycles. The number of ether oxygens (including phenoxy) is 3. The first-order chi connectivity index (χ1) is 17.8. The number of carbonyl (C=O) groups excluding carboxylic acids is 2. The van der Waals surface area contributed by atoms with Gasteiger partial charge in [-0.05, 0) is 19.1 Å². The zero-order valence-corrected chi connectivity index (χ0v) is 22.0. The minimum Gasteiger partial charge on any atom is -0.493 e. The molecule has 1 aromatic carbocycles. The summed E-state index contributed by atoms with van der Waals surface area (Å²) in [6.07, 6.45) is 1.24. The van der Waals surface area contributed by atoms with Crippen LogP contribution in [0.3, 0.4) is 0 Å². The van der Waals surface area contributed by atoms with Crippen LogP contribution in [0.15, 0.2) is 29.6 Å². The number of amides is 2. The number of nitrogens with zero attached hydrogens (tertiary/aromatic N) is 4. The van der Waals surface area contributed by atoms with Crippen molar-refractivity contribution in [3.8, 4) is 11.5 Å². The molecule has 1 saturated heterocycles. The molecule has 0 bridgehead atoms. The average molecular weight is 531 g/mol. The summed E-state index contributed by atoms with van der Waals surface area (Å²) in [4.78, 5) is 39.7. The smallest absolute Gasteiger partial charge is 0.409 e. The van der Waals surface area contributed by atoms with Gasteiger partial charge in [-0.3, -0.25) is 14.0 Å². The number of pyridine rings is 1. The SMILES string of the molecule is CCOC(=O)N1CCN(c2cc3nc(S(=O)Cc4nccc(OC)c4OC)[nH]c3cc2NC(C)=O)CC1. The van der Waals surface area contributed by atoms with Gasteiger partial charge in [0.15, 0.2) is 16.7 Å². The highest BCUT2D eigenvalue weighted by atomic mass is 32.2. The van der Waals surface area contributed by atoms with E-state index in [1.54, 1.807) is 30.2 Å². The van der Waals surface area contributed by atoms with Gasteiger partial charge in [0.1, 0.15) is 0 Å². The lowest BCUT2D eigenvalue weighted by atomic mass is 10.2. The number of imidazole rings is 1. The van der Waals surface area contributed by atoms with Crippen LogP contribution >= 0.6 is 0 Å². The predicted octanol–water partition coefficient (Wildman–Crippen LogP) is 2.52. The first-order valence-electron chi connectivity index (χ1n) is 11.8. The van der Waals surface area contributed by atoms with Crippen LogP contribution in [0.25, 0.3) is 11.0 Å². The summed E-state index contributed by atoms with van der Waals surface area (Å²) in [5.74, 6) is 0.778. The summed E-state index contributed by atoms with van der Waals surface area (Å²) in [7, 11) is 1.48. The fourth-order valence-corrected chi connectivity index (χ4v) is 5.19. The second-order valence-electron chi connectivity index (χ2n) is 8.27. The molecule has 12 nitrogen and oxygen atoms in total. The van der Waals surface area contributed by atoms with E-state index in [0.29, 0.717) is 66.7 Å². The fourth-order valence-electron chi connectivity index (χ4n) is 4.17. The molecule has 2 aromatic heterocycles. The van der Waals surface area contributed by atoms with Crippen molar-refractivity contribution in [2.75, 3.05) is 57.2 Å². The minimum absolute atomic E-state index is 0.0709. The molecule has 13 heteroatoms. The lowest BCUT2D eigenvalue weighted by Crippen LogP contribution is -2.49. The zero-order valence-electron chi connectivity index (χ0n) is 21.2. The number of aromatic nitrogens is 3. The topological polar surface area (TPSA) is 139 Å². The van der Waals surface area contributed by atoms with E-state index < -0.39 is 10.8 Å². The average Bonchev–Trinajstić information content (AvgIpc) is 3.31. The number of rotatable bonds is 8. The van der Waals surface area contributed by atoms with Crippen LogP contribution in [0.5, 0.6) is 11.5 Å². The summed E-state index contributed by atoms with van der Waals surface area (Å²) in [6.45, 7) is 5.63. The van der Waals surface area contributed by atoms with Crippen molar-refractivity contribution in [3.63, 3.8) is 0 Å². The van der Waals surface area contributed by atoms with E-state index in [9.17, 15) is 13.8 Å². The van der Waals surface area contributed by atoms with Crippen LogP contribution in [-0.4, -0.2) is 83.1 Å². The molecule has 0 saturated carbocycles. The molecule has 3 aromatic rings. The molecule has 4 rings (SSSR count). The lowest BCUT2D eigenvalue weighted by molar-refractivity contribution is -0.114. The molecule has 0 spiro atoms. The number of benzene rings is 1. The van der Waals surface area contributed by atoms with Crippen molar-refractivity contribution in [2.45, 2.75) is 24.8 Å². The van der Waals surface area contributed by atoms with E-state index in [0.717, 1.165) is 5.69 Å². The molecule has 2 amide bonds. The van der Waals surface area contributed by atoms with E-state index in [4.69, 9.17) is 14.2 Å². The van der Waals surface area contributed by atoms with Gasteiger partial charge in [0.2, 0.25) is 5.91 Å². The zero-order chi connectivity index (χ0) is 26.5. The Bertz CT molecular complexity index is 1320. The van der Waals surface area contributed by atoms with Crippen molar-refractivity contribution < 1.29 is 28.0 Å². The number of anilines is 2. The number of H-pyrrole nitrogens is 1. The Balaban J connectivity index is 1.60.